The zero-order chi connectivity index (χ0) is 6.97. The number of hydrogen-bond acceptors (Lipinski definition) is 3. The third-order valence-electron chi connectivity index (χ3n) is 1.31. The average molecular weight is 133 g/mol. The third-order valence-corrected chi connectivity index (χ3v) is 1.31. The first kappa shape index (κ1) is 5.34. The van der Waals surface area contributed by atoms with Crippen molar-refractivity contribution in [3.05, 3.63) is 18.9 Å². The van der Waals surface area contributed by atoms with Crippen molar-refractivity contribution < 1.29 is 0 Å². The monoisotopic (exact) mass is 133 g/mol. The lowest BCUT2D eigenvalue weighted by Gasteiger charge is -1.87. The van der Waals surface area contributed by atoms with E-state index in [0.29, 0.717) is 0 Å². The molecule has 0 aromatic carbocycles. The first-order valence-electron chi connectivity index (χ1n) is 2.88. The molecule has 0 saturated carbocycles. The standard InChI is InChI=1S/C6H5N4/c1-10-4-9-5-2-7-3-8-6(5)10/h2-3H,1H3. The van der Waals surface area contributed by atoms with Gasteiger partial charge < -0.3 is 4.57 Å². The molecule has 49 valence electrons. The zero-order valence-electron chi connectivity index (χ0n) is 5.44. The molecule has 4 heteroatoms. The van der Waals surface area contributed by atoms with Crippen LogP contribution in [0.5, 0.6) is 0 Å². The Labute approximate surface area is 57.6 Å². The Hall–Kier alpha value is -1.45. The van der Waals surface area contributed by atoms with Crippen LogP contribution in [0.15, 0.2) is 12.5 Å². The molecule has 10 heavy (non-hydrogen) atoms. The SMILES string of the molecule is Cn1[c]nc2cncnc21. The number of aromatic nitrogens is 4. The summed E-state index contributed by atoms with van der Waals surface area (Å²) in [5, 5.41) is 0. The minimum Gasteiger partial charge on any atom is -0.309 e. The van der Waals surface area contributed by atoms with Gasteiger partial charge in [-0.15, -0.1) is 0 Å². The lowest BCUT2D eigenvalue weighted by molar-refractivity contribution is 0.917. The molecular weight excluding hydrogens is 128 g/mol. The van der Waals surface area contributed by atoms with Crippen LogP contribution in [-0.2, 0) is 7.05 Å². The second kappa shape index (κ2) is 1.76. The Kier molecular flexibility index (Phi) is 0.943. The van der Waals surface area contributed by atoms with Gasteiger partial charge in [0.1, 0.15) is 11.8 Å². The molecule has 2 aromatic heterocycles. The smallest absolute Gasteiger partial charge is 0.178 e. The first-order valence-corrected chi connectivity index (χ1v) is 2.88. The maximum atomic E-state index is 4.00. The molecule has 2 aromatic rings. The second-order valence-corrected chi connectivity index (χ2v) is 2.00. The quantitative estimate of drug-likeness (QED) is 0.514. The lowest BCUT2D eigenvalue weighted by atomic mass is 10.6. The molecule has 0 fully saturated rings. The van der Waals surface area contributed by atoms with Gasteiger partial charge in [-0.1, -0.05) is 0 Å². The Bertz CT molecular complexity index is 351. The molecule has 0 aliphatic rings. The van der Waals surface area contributed by atoms with Gasteiger partial charge in [0.2, 0.25) is 0 Å². The van der Waals surface area contributed by atoms with E-state index in [1.165, 1.54) is 6.33 Å². The van der Waals surface area contributed by atoms with Crippen molar-refractivity contribution in [1.29, 1.82) is 0 Å². The summed E-state index contributed by atoms with van der Waals surface area (Å²) in [4.78, 5) is 11.7. The Morgan fingerprint density at radius 1 is 1.60 bits per heavy atom. The lowest BCUT2D eigenvalue weighted by Crippen LogP contribution is -1.87. The number of aryl methyl sites for hydroxylation is 1. The highest BCUT2D eigenvalue weighted by Crippen LogP contribution is 2.02. The summed E-state index contributed by atoms with van der Waals surface area (Å²) in [6.07, 6.45) is 5.90. The highest BCUT2D eigenvalue weighted by atomic mass is 15.1. The predicted octanol–water partition coefficient (Wildman–Crippen LogP) is 0.163. The fourth-order valence-corrected chi connectivity index (χ4v) is 0.829. The molecule has 0 N–H and O–H groups in total. The Morgan fingerprint density at radius 2 is 2.50 bits per heavy atom. The third kappa shape index (κ3) is 0.586. The van der Waals surface area contributed by atoms with Gasteiger partial charge in [0.15, 0.2) is 12.0 Å². The number of hydrogen-bond donors (Lipinski definition) is 0. The zero-order valence-corrected chi connectivity index (χ0v) is 5.44. The van der Waals surface area contributed by atoms with Gasteiger partial charge in [-0.05, 0) is 0 Å². The summed E-state index contributed by atoms with van der Waals surface area (Å²) in [6.45, 7) is 0. The minimum atomic E-state index is 0.782. The average Bonchev–Trinajstić information content (AvgIpc) is 2.34. The van der Waals surface area contributed by atoms with Crippen molar-refractivity contribution >= 4 is 11.2 Å². The molecule has 0 spiro atoms. The van der Waals surface area contributed by atoms with Crippen LogP contribution >= 0.6 is 0 Å². The molecule has 0 saturated heterocycles. The molecular formula is C6H5N4. The summed E-state index contributed by atoms with van der Waals surface area (Å²) in [6, 6.07) is 0. The van der Waals surface area contributed by atoms with E-state index in [4.69, 9.17) is 0 Å². The van der Waals surface area contributed by atoms with Crippen LogP contribution in [0.4, 0.5) is 0 Å². The van der Waals surface area contributed by atoms with Crippen LogP contribution in [0.3, 0.4) is 0 Å². The van der Waals surface area contributed by atoms with Crippen LogP contribution in [-0.4, -0.2) is 19.5 Å². The molecule has 0 unspecified atom stereocenters. The molecule has 1 radical (unpaired) electrons. The van der Waals surface area contributed by atoms with Gasteiger partial charge in [0, 0.05) is 7.05 Å². The first-order chi connectivity index (χ1) is 4.88. The van der Waals surface area contributed by atoms with Crippen LogP contribution in [0.1, 0.15) is 0 Å². The number of imidazole rings is 1. The maximum Gasteiger partial charge on any atom is 0.178 e. The van der Waals surface area contributed by atoms with Crippen molar-refractivity contribution in [2.45, 2.75) is 0 Å². The number of nitrogens with zero attached hydrogens (tertiary/aromatic N) is 4. The van der Waals surface area contributed by atoms with Crippen molar-refractivity contribution in [1.82, 2.24) is 19.5 Å². The molecule has 2 heterocycles. The fourth-order valence-electron chi connectivity index (χ4n) is 0.829. The normalized spacial score (nSPS) is 10.5. The predicted molar refractivity (Wildman–Crippen MR) is 35.1 cm³/mol. The minimum absolute atomic E-state index is 0.782. The summed E-state index contributed by atoms with van der Waals surface area (Å²) in [5.74, 6) is 0. The number of fused-ring (bicyclic) bond motifs is 1. The van der Waals surface area contributed by atoms with Gasteiger partial charge in [0.25, 0.3) is 0 Å². The fraction of sp³-hybridized carbons (Fsp3) is 0.167. The Morgan fingerprint density at radius 3 is 3.30 bits per heavy atom. The van der Waals surface area contributed by atoms with E-state index in [1.54, 1.807) is 10.8 Å². The van der Waals surface area contributed by atoms with E-state index in [2.05, 4.69) is 21.3 Å². The summed E-state index contributed by atoms with van der Waals surface area (Å²) < 4.78 is 1.73. The molecule has 0 bridgehead atoms. The largest absolute Gasteiger partial charge is 0.309 e. The van der Waals surface area contributed by atoms with Gasteiger partial charge >= 0.3 is 0 Å². The summed E-state index contributed by atoms with van der Waals surface area (Å²) in [5.41, 5.74) is 1.60. The van der Waals surface area contributed by atoms with Crippen LogP contribution in [0.2, 0.25) is 0 Å². The molecule has 2 rings (SSSR count). The van der Waals surface area contributed by atoms with Crippen molar-refractivity contribution in [2.24, 2.45) is 7.05 Å². The maximum absolute atomic E-state index is 4.00. The second-order valence-electron chi connectivity index (χ2n) is 2.00. The molecule has 0 aliphatic heterocycles. The highest BCUT2D eigenvalue weighted by molar-refractivity contribution is 5.68. The molecule has 4 nitrogen and oxygen atoms in total. The van der Waals surface area contributed by atoms with E-state index in [9.17, 15) is 0 Å². The number of rotatable bonds is 0. The van der Waals surface area contributed by atoms with Crippen molar-refractivity contribution in [3.8, 4) is 0 Å². The molecule has 0 atom stereocenters. The highest BCUT2D eigenvalue weighted by Gasteiger charge is 1.97. The van der Waals surface area contributed by atoms with E-state index in [-0.39, 0.29) is 0 Å². The van der Waals surface area contributed by atoms with E-state index >= 15 is 0 Å². The van der Waals surface area contributed by atoms with E-state index in [1.807, 2.05) is 7.05 Å². The van der Waals surface area contributed by atoms with Crippen LogP contribution < -0.4 is 0 Å². The van der Waals surface area contributed by atoms with E-state index in [0.717, 1.165) is 11.2 Å². The Balaban J connectivity index is 2.93. The molecule has 0 amide bonds. The van der Waals surface area contributed by atoms with Crippen LogP contribution in [0.25, 0.3) is 11.2 Å². The van der Waals surface area contributed by atoms with Crippen molar-refractivity contribution in [2.75, 3.05) is 0 Å². The van der Waals surface area contributed by atoms with Gasteiger partial charge in [0.05, 0.1) is 6.20 Å². The van der Waals surface area contributed by atoms with Crippen molar-refractivity contribution in [3.63, 3.8) is 0 Å². The van der Waals surface area contributed by atoms with Crippen LogP contribution in [0, 0.1) is 6.33 Å². The van der Waals surface area contributed by atoms with E-state index < -0.39 is 0 Å². The summed E-state index contributed by atoms with van der Waals surface area (Å²) in [7, 11) is 1.85. The summed E-state index contributed by atoms with van der Waals surface area (Å²) >= 11 is 0. The van der Waals surface area contributed by atoms with Gasteiger partial charge in [-0.2, -0.15) is 0 Å². The molecule has 0 aliphatic carbocycles. The van der Waals surface area contributed by atoms with Gasteiger partial charge in [-0.3, -0.25) is 0 Å². The topological polar surface area (TPSA) is 43.6 Å². The van der Waals surface area contributed by atoms with Gasteiger partial charge in [-0.25, -0.2) is 15.0 Å².